The topological polar surface area (TPSA) is 56.2 Å². The number of benzene rings is 1. The van der Waals surface area contributed by atoms with Gasteiger partial charge < -0.3 is 4.42 Å². The Hall–Kier alpha value is -2.76. The molecule has 0 fully saturated rings. The van der Waals surface area contributed by atoms with Crippen LogP contribution in [-0.4, -0.2) is 21.1 Å². The Morgan fingerprint density at radius 3 is 2.79 bits per heavy atom. The van der Waals surface area contributed by atoms with Crippen LogP contribution >= 0.6 is 0 Å². The highest BCUT2D eigenvalue weighted by molar-refractivity contribution is 5.77. The first-order valence-electron chi connectivity index (χ1n) is 5.56. The molecule has 0 saturated heterocycles. The van der Waals surface area contributed by atoms with E-state index in [0.29, 0.717) is 17.1 Å². The summed E-state index contributed by atoms with van der Waals surface area (Å²) in [5.41, 5.74) is 0.684. The lowest BCUT2D eigenvalue weighted by Crippen LogP contribution is -1.84. The molecular weight excluding hydrogens is 247 g/mol. The molecule has 0 atom stereocenters. The van der Waals surface area contributed by atoms with Gasteiger partial charge in [0.1, 0.15) is 30.0 Å². The largest absolute Gasteiger partial charge is 0.455 e. The molecule has 3 aromatic rings. The summed E-state index contributed by atoms with van der Waals surface area (Å²) in [6.45, 7) is 0. The van der Waals surface area contributed by atoms with Crippen molar-refractivity contribution < 1.29 is 8.81 Å². The van der Waals surface area contributed by atoms with Crippen molar-refractivity contribution in [3.63, 3.8) is 0 Å². The number of aromatic nitrogens is 3. The smallest absolute Gasteiger partial charge is 0.147 e. The lowest BCUT2D eigenvalue weighted by molar-refractivity contribution is 0.572. The predicted molar refractivity (Wildman–Crippen MR) is 67.1 cm³/mol. The Morgan fingerprint density at radius 2 is 2.00 bits per heavy atom. The second-order valence-corrected chi connectivity index (χ2v) is 3.80. The molecule has 3 rings (SSSR count). The monoisotopic (exact) mass is 256 g/mol. The minimum absolute atomic E-state index is 0.298. The molecule has 1 aromatic carbocycles. The fraction of sp³-hybridized carbons (Fsp3) is 0. The molecule has 5 nitrogen and oxygen atoms in total. The van der Waals surface area contributed by atoms with Gasteiger partial charge in [0.15, 0.2) is 0 Å². The number of rotatable bonds is 3. The van der Waals surface area contributed by atoms with Crippen LogP contribution < -0.4 is 0 Å². The van der Waals surface area contributed by atoms with Crippen molar-refractivity contribution in [1.82, 2.24) is 14.9 Å². The van der Waals surface area contributed by atoms with E-state index in [9.17, 15) is 4.39 Å². The summed E-state index contributed by atoms with van der Waals surface area (Å²) in [5, 5.41) is 11.3. The quantitative estimate of drug-likeness (QED) is 0.677. The van der Waals surface area contributed by atoms with E-state index in [-0.39, 0.29) is 5.82 Å². The van der Waals surface area contributed by atoms with Crippen LogP contribution in [0.15, 0.2) is 58.6 Å². The lowest BCUT2D eigenvalue weighted by Gasteiger charge is -1.96. The van der Waals surface area contributed by atoms with Crippen molar-refractivity contribution in [2.24, 2.45) is 5.10 Å². The first kappa shape index (κ1) is 11.3. The second kappa shape index (κ2) is 4.85. The Balaban J connectivity index is 1.83. The maximum atomic E-state index is 13.1. The number of nitrogens with zero attached hydrogens (tertiary/aromatic N) is 4. The molecule has 94 valence electrons. The molecule has 2 aromatic heterocycles. The normalized spacial score (nSPS) is 11.2. The number of furan rings is 1. The van der Waals surface area contributed by atoms with Crippen molar-refractivity contribution in [1.29, 1.82) is 0 Å². The van der Waals surface area contributed by atoms with Crippen LogP contribution in [0.5, 0.6) is 0 Å². The maximum absolute atomic E-state index is 13.1. The zero-order chi connectivity index (χ0) is 13.1. The zero-order valence-corrected chi connectivity index (χ0v) is 9.77. The average molecular weight is 256 g/mol. The Bertz CT molecular complexity index is 703. The van der Waals surface area contributed by atoms with Gasteiger partial charge in [-0.15, -0.1) is 10.2 Å². The molecular formula is C13H9FN4O. The molecule has 0 amide bonds. The number of hydrogen-bond acceptors (Lipinski definition) is 4. The van der Waals surface area contributed by atoms with E-state index in [1.807, 2.05) is 0 Å². The molecule has 0 N–H and O–H groups in total. The zero-order valence-electron chi connectivity index (χ0n) is 9.77. The molecule has 2 heterocycles. The highest BCUT2D eigenvalue weighted by atomic mass is 19.1. The summed E-state index contributed by atoms with van der Waals surface area (Å²) in [6.07, 6.45) is 4.46. The molecule has 19 heavy (non-hydrogen) atoms. The molecule has 0 saturated carbocycles. The molecule has 0 spiro atoms. The van der Waals surface area contributed by atoms with E-state index in [1.54, 1.807) is 24.3 Å². The average Bonchev–Trinajstić information content (AvgIpc) is 3.08. The third kappa shape index (κ3) is 2.57. The van der Waals surface area contributed by atoms with E-state index in [1.165, 1.54) is 35.7 Å². The third-order valence-corrected chi connectivity index (χ3v) is 2.46. The molecule has 0 aliphatic rings. The van der Waals surface area contributed by atoms with Crippen LogP contribution in [-0.2, 0) is 0 Å². The Morgan fingerprint density at radius 1 is 1.16 bits per heavy atom. The van der Waals surface area contributed by atoms with Gasteiger partial charge in [-0.05, 0) is 24.3 Å². The van der Waals surface area contributed by atoms with Gasteiger partial charge in [0, 0.05) is 5.56 Å². The van der Waals surface area contributed by atoms with Crippen LogP contribution in [0.3, 0.4) is 0 Å². The van der Waals surface area contributed by atoms with Crippen LogP contribution in [0, 0.1) is 5.82 Å². The summed E-state index contributed by atoms with van der Waals surface area (Å²) >= 11 is 0. The maximum Gasteiger partial charge on any atom is 0.147 e. The SMILES string of the molecule is Fc1cccc(-c2ccc(/C=N\n3cnnc3)o2)c1. The van der Waals surface area contributed by atoms with Crippen LogP contribution in [0.25, 0.3) is 11.3 Å². The van der Waals surface area contributed by atoms with E-state index < -0.39 is 0 Å². The lowest BCUT2D eigenvalue weighted by atomic mass is 10.2. The van der Waals surface area contributed by atoms with E-state index in [2.05, 4.69) is 15.3 Å². The van der Waals surface area contributed by atoms with Crippen LogP contribution in [0.2, 0.25) is 0 Å². The van der Waals surface area contributed by atoms with Crippen molar-refractivity contribution >= 4 is 6.21 Å². The summed E-state index contributed by atoms with van der Waals surface area (Å²) in [4.78, 5) is 0. The molecule has 0 aliphatic heterocycles. The van der Waals surface area contributed by atoms with Crippen molar-refractivity contribution in [3.05, 3.63) is 60.6 Å². The van der Waals surface area contributed by atoms with Gasteiger partial charge >= 0.3 is 0 Å². The molecule has 0 unspecified atom stereocenters. The number of hydrogen-bond donors (Lipinski definition) is 0. The minimum atomic E-state index is -0.298. The Labute approximate surface area is 108 Å². The summed E-state index contributed by atoms with van der Waals surface area (Å²) in [6, 6.07) is 9.75. The molecule has 0 aliphatic carbocycles. The van der Waals surface area contributed by atoms with Gasteiger partial charge in [0.05, 0.1) is 6.21 Å². The minimum Gasteiger partial charge on any atom is -0.455 e. The fourth-order valence-electron chi connectivity index (χ4n) is 1.60. The van der Waals surface area contributed by atoms with Gasteiger partial charge in [-0.25, -0.2) is 9.07 Å². The summed E-state index contributed by atoms with van der Waals surface area (Å²) in [5.74, 6) is 0.853. The highest BCUT2D eigenvalue weighted by Gasteiger charge is 2.04. The van der Waals surface area contributed by atoms with Gasteiger partial charge in [0.2, 0.25) is 0 Å². The molecule has 0 bridgehead atoms. The fourth-order valence-corrected chi connectivity index (χ4v) is 1.60. The first-order chi connectivity index (χ1) is 9.31. The highest BCUT2D eigenvalue weighted by Crippen LogP contribution is 2.22. The van der Waals surface area contributed by atoms with Crippen molar-refractivity contribution in [2.75, 3.05) is 0 Å². The number of halogens is 1. The third-order valence-electron chi connectivity index (χ3n) is 2.46. The molecule has 6 heteroatoms. The van der Waals surface area contributed by atoms with E-state index in [0.717, 1.165) is 0 Å². The van der Waals surface area contributed by atoms with Crippen molar-refractivity contribution in [2.45, 2.75) is 0 Å². The van der Waals surface area contributed by atoms with Crippen LogP contribution in [0.4, 0.5) is 4.39 Å². The van der Waals surface area contributed by atoms with Gasteiger partial charge in [0.25, 0.3) is 0 Å². The second-order valence-electron chi connectivity index (χ2n) is 3.80. The first-order valence-corrected chi connectivity index (χ1v) is 5.56. The van der Waals surface area contributed by atoms with Gasteiger partial charge in [-0.1, -0.05) is 12.1 Å². The van der Waals surface area contributed by atoms with Gasteiger partial charge in [-0.3, -0.25) is 0 Å². The summed E-state index contributed by atoms with van der Waals surface area (Å²) < 4.78 is 20.1. The van der Waals surface area contributed by atoms with E-state index in [4.69, 9.17) is 4.42 Å². The van der Waals surface area contributed by atoms with E-state index >= 15 is 0 Å². The standard InChI is InChI=1S/C13H9FN4O/c14-11-3-1-2-10(6-11)13-5-4-12(19-13)7-17-18-8-15-16-9-18/h1-9H/b17-7-. The molecule has 0 radical (unpaired) electrons. The summed E-state index contributed by atoms with van der Waals surface area (Å²) in [7, 11) is 0. The van der Waals surface area contributed by atoms with Crippen LogP contribution in [0.1, 0.15) is 5.76 Å². The van der Waals surface area contributed by atoms with Gasteiger partial charge in [-0.2, -0.15) is 5.10 Å². The predicted octanol–water partition coefficient (Wildman–Crippen LogP) is 2.56. The van der Waals surface area contributed by atoms with Crippen molar-refractivity contribution in [3.8, 4) is 11.3 Å². The Kier molecular flexibility index (Phi) is 2.89.